The number of nitrogens with one attached hydrogen (secondary N) is 1. The van der Waals surface area contributed by atoms with E-state index in [1.54, 1.807) is 18.3 Å². The third-order valence-electron chi connectivity index (χ3n) is 8.24. The lowest BCUT2D eigenvalue weighted by Gasteiger charge is -2.41. The van der Waals surface area contributed by atoms with Crippen LogP contribution in [0.4, 0.5) is 0 Å². The molecular formula is C37H38N2O8S. The first-order valence-corrected chi connectivity index (χ1v) is 16.7. The van der Waals surface area contributed by atoms with Crippen LogP contribution in [0.5, 0.6) is 0 Å². The summed E-state index contributed by atoms with van der Waals surface area (Å²) in [7, 11) is 0. The summed E-state index contributed by atoms with van der Waals surface area (Å²) < 4.78 is 13.1. The number of aromatic carboxylic acids is 1. The molecule has 1 aromatic heterocycles. The lowest BCUT2D eigenvalue weighted by molar-refractivity contribution is -0.268. The number of nitrogens with zero attached hydrogens (tertiary/aromatic N) is 1. The standard InChI is InChI=1S/C37H38N2O8S/c1-23-31(22-48-35-30(36(44)45)7-4-18-38-35)46-37(47-34(23)27-12-10-24(21-40)11-13-27)28-16-14-26(15-17-28)29-6-2-5-25(19-29)20-39-32(41)8-3-9-33(42)43/h2,4-7,10-19,23,31,34,37,40H,3,8-9,20-22H2,1H3,(H,39,41)(H,42,43)(H,44,45). The molecule has 2 heterocycles. The van der Waals surface area contributed by atoms with Gasteiger partial charge in [-0.2, -0.15) is 0 Å². The van der Waals surface area contributed by atoms with Crippen molar-refractivity contribution in [1.29, 1.82) is 0 Å². The van der Waals surface area contributed by atoms with E-state index in [2.05, 4.69) is 17.2 Å². The van der Waals surface area contributed by atoms with E-state index in [-0.39, 0.29) is 49.0 Å². The molecule has 1 saturated heterocycles. The Morgan fingerprint density at radius 3 is 2.31 bits per heavy atom. The fraction of sp³-hybridized carbons (Fsp3) is 0.297. The van der Waals surface area contributed by atoms with Crippen LogP contribution in [0.3, 0.4) is 0 Å². The summed E-state index contributed by atoms with van der Waals surface area (Å²) in [5, 5.41) is 31.2. The van der Waals surface area contributed by atoms with Crippen LogP contribution >= 0.6 is 11.8 Å². The van der Waals surface area contributed by atoms with Crippen molar-refractivity contribution in [1.82, 2.24) is 10.3 Å². The molecule has 11 heteroatoms. The van der Waals surface area contributed by atoms with E-state index < -0.39 is 18.2 Å². The van der Waals surface area contributed by atoms with E-state index >= 15 is 0 Å². The number of ether oxygens (including phenoxy) is 2. The number of amides is 1. The van der Waals surface area contributed by atoms with Gasteiger partial charge < -0.3 is 30.1 Å². The highest BCUT2D eigenvalue weighted by molar-refractivity contribution is 7.99. The number of carbonyl (C=O) groups is 3. The Labute approximate surface area is 283 Å². The number of rotatable bonds is 14. The second kappa shape index (κ2) is 16.5. The first-order valence-electron chi connectivity index (χ1n) is 15.7. The van der Waals surface area contributed by atoms with Gasteiger partial charge in [-0.25, -0.2) is 9.78 Å². The number of carboxylic acids is 2. The molecule has 0 saturated carbocycles. The lowest BCUT2D eigenvalue weighted by Crippen LogP contribution is -2.38. The molecule has 5 rings (SSSR count). The molecule has 4 unspecified atom stereocenters. The summed E-state index contributed by atoms with van der Waals surface area (Å²) in [5.74, 6) is -1.75. The SMILES string of the molecule is CC1C(CSc2ncccc2C(=O)O)OC(c2ccc(-c3cccc(CNC(=O)CCCC(=O)O)c3)cc2)OC1c1ccc(CO)cc1. The zero-order valence-electron chi connectivity index (χ0n) is 26.5. The summed E-state index contributed by atoms with van der Waals surface area (Å²) in [5.41, 5.74) is 5.59. The van der Waals surface area contributed by atoms with E-state index in [9.17, 15) is 24.6 Å². The number of hydrogen-bond acceptors (Lipinski definition) is 8. The first-order chi connectivity index (χ1) is 23.2. The average molecular weight is 671 g/mol. The van der Waals surface area contributed by atoms with E-state index in [0.29, 0.717) is 23.7 Å². The van der Waals surface area contributed by atoms with E-state index in [4.69, 9.17) is 14.6 Å². The van der Waals surface area contributed by atoms with E-state index in [1.807, 2.05) is 72.8 Å². The molecule has 4 atom stereocenters. The second-order valence-electron chi connectivity index (χ2n) is 11.6. The molecule has 48 heavy (non-hydrogen) atoms. The minimum Gasteiger partial charge on any atom is -0.481 e. The Morgan fingerprint density at radius 1 is 0.854 bits per heavy atom. The van der Waals surface area contributed by atoms with Gasteiger partial charge in [-0.15, -0.1) is 11.8 Å². The molecule has 4 N–H and O–H groups in total. The summed E-state index contributed by atoms with van der Waals surface area (Å²) in [6.45, 7) is 2.34. The Bertz CT molecular complexity index is 1710. The fourth-order valence-electron chi connectivity index (χ4n) is 5.52. The van der Waals surface area contributed by atoms with Gasteiger partial charge in [0.25, 0.3) is 0 Å². The molecular weight excluding hydrogens is 632 g/mol. The van der Waals surface area contributed by atoms with Crippen molar-refractivity contribution in [2.45, 2.75) is 62.9 Å². The fourth-order valence-corrected chi connectivity index (χ4v) is 6.67. The van der Waals surface area contributed by atoms with Gasteiger partial charge >= 0.3 is 11.9 Å². The monoisotopic (exact) mass is 670 g/mol. The number of carboxylic acid groups (broad SMARTS) is 2. The van der Waals surface area contributed by atoms with E-state index in [0.717, 1.165) is 33.4 Å². The van der Waals surface area contributed by atoms with Crippen molar-refractivity contribution >= 4 is 29.6 Å². The summed E-state index contributed by atoms with van der Waals surface area (Å²) >= 11 is 1.34. The minimum atomic E-state index is -1.03. The molecule has 1 aliphatic rings. The van der Waals surface area contributed by atoms with Crippen LogP contribution in [-0.2, 0) is 32.2 Å². The average Bonchev–Trinajstić information content (AvgIpc) is 3.10. The summed E-state index contributed by atoms with van der Waals surface area (Å²) in [4.78, 5) is 38.9. The lowest BCUT2D eigenvalue weighted by atomic mass is 9.91. The van der Waals surface area contributed by atoms with Gasteiger partial charge in [0, 0.05) is 42.8 Å². The van der Waals surface area contributed by atoms with Crippen molar-refractivity contribution in [3.8, 4) is 11.1 Å². The largest absolute Gasteiger partial charge is 0.481 e. The van der Waals surface area contributed by atoms with Gasteiger partial charge in [0.2, 0.25) is 5.91 Å². The minimum absolute atomic E-state index is 0.0360. The van der Waals surface area contributed by atoms with Crippen molar-refractivity contribution in [2.75, 3.05) is 5.75 Å². The molecule has 10 nitrogen and oxygen atoms in total. The molecule has 4 aromatic rings. The molecule has 1 aliphatic heterocycles. The van der Waals surface area contributed by atoms with Crippen molar-refractivity contribution in [3.05, 3.63) is 119 Å². The van der Waals surface area contributed by atoms with Crippen molar-refractivity contribution < 1.29 is 39.2 Å². The van der Waals surface area contributed by atoms with Crippen molar-refractivity contribution in [3.63, 3.8) is 0 Å². The highest BCUT2D eigenvalue weighted by Crippen LogP contribution is 2.43. The van der Waals surface area contributed by atoms with Crippen LogP contribution < -0.4 is 5.32 Å². The van der Waals surface area contributed by atoms with Gasteiger partial charge in [-0.05, 0) is 52.4 Å². The summed E-state index contributed by atoms with van der Waals surface area (Å²) in [6, 6.07) is 26.6. The molecule has 3 aromatic carbocycles. The Kier molecular flexibility index (Phi) is 12.0. The number of aliphatic hydroxyl groups excluding tert-OH is 1. The maximum atomic E-state index is 12.1. The molecule has 250 valence electrons. The Balaban J connectivity index is 1.31. The topological polar surface area (TPSA) is 155 Å². The smallest absolute Gasteiger partial charge is 0.338 e. The normalized spacial score (nSPS) is 19.0. The number of pyridine rings is 1. The maximum Gasteiger partial charge on any atom is 0.338 e. The maximum absolute atomic E-state index is 12.1. The zero-order chi connectivity index (χ0) is 34.0. The number of aliphatic carboxylic acids is 1. The van der Waals surface area contributed by atoms with Crippen LogP contribution in [0.2, 0.25) is 0 Å². The highest BCUT2D eigenvalue weighted by Gasteiger charge is 2.38. The molecule has 0 spiro atoms. The van der Waals surface area contributed by atoms with Crippen LogP contribution in [0.15, 0.2) is 96.2 Å². The number of thioether (sulfide) groups is 1. The Hall–Kier alpha value is -4.55. The van der Waals surface area contributed by atoms with Crippen LogP contribution in [0.25, 0.3) is 11.1 Å². The number of aliphatic hydroxyl groups is 1. The Morgan fingerprint density at radius 2 is 1.60 bits per heavy atom. The van der Waals surface area contributed by atoms with Crippen LogP contribution in [-0.4, -0.2) is 50.0 Å². The van der Waals surface area contributed by atoms with E-state index in [1.165, 1.54) is 11.8 Å². The zero-order valence-corrected chi connectivity index (χ0v) is 27.3. The molecule has 0 bridgehead atoms. The van der Waals surface area contributed by atoms with Gasteiger partial charge in [0.1, 0.15) is 5.03 Å². The third-order valence-corrected chi connectivity index (χ3v) is 9.33. The van der Waals surface area contributed by atoms with Crippen LogP contribution in [0, 0.1) is 5.92 Å². The molecule has 0 radical (unpaired) electrons. The number of carbonyl (C=O) groups excluding carboxylic acids is 1. The number of hydrogen-bond donors (Lipinski definition) is 4. The van der Waals surface area contributed by atoms with Gasteiger partial charge in [0.15, 0.2) is 6.29 Å². The number of aromatic nitrogens is 1. The molecule has 1 amide bonds. The first kappa shape index (κ1) is 34.8. The molecule has 0 aliphatic carbocycles. The molecule has 1 fully saturated rings. The van der Waals surface area contributed by atoms with Gasteiger partial charge in [-0.3, -0.25) is 9.59 Å². The van der Waals surface area contributed by atoms with Crippen LogP contribution in [0.1, 0.15) is 71.2 Å². The van der Waals surface area contributed by atoms with Crippen molar-refractivity contribution in [2.24, 2.45) is 5.92 Å². The number of benzene rings is 3. The summed E-state index contributed by atoms with van der Waals surface area (Å²) in [6.07, 6.45) is 0.706. The second-order valence-corrected chi connectivity index (χ2v) is 12.6. The quantitative estimate of drug-likeness (QED) is 0.111. The third kappa shape index (κ3) is 9.07. The highest BCUT2D eigenvalue weighted by atomic mass is 32.2. The predicted octanol–water partition coefficient (Wildman–Crippen LogP) is 6.39. The van der Waals surface area contributed by atoms with Gasteiger partial charge in [-0.1, -0.05) is 73.7 Å². The predicted molar refractivity (Wildman–Crippen MR) is 180 cm³/mol. The van der Waals surface area contributed by atoms with Gasteiger partial charge in [0.05, 0.1) is 24.4 Å².